The topological polar surface area (TPSA) is 74.7 Å². The van der Waals surface area contributed by atoms with Crippen LogP contribution in [0.15, 0.2) is 23.1 Å². The summed E-state index contributed by atoms with van der Waals surface area (Å²) in [5.74, 6) is -0.841. The van der Waals surface area contributed by atoms with Crippen LogP contribution in [0, 0.1) is 0 Å². The van der Waals surface area contributed by atoms with Crippen LogP contribution in [-0.4, -0.2) is 42.7 Å². The van der Waals surface area contributed by atoms with Gasteiger partial charge in [-0.1, -0.05) is 30.7 Å². The van der Waals surface area contributed by atoms with Crippen molar-refractivity contribution in [3.05, 3.63) is 28.8 Å². The van der Waals surface area contributed by atoms with Crippen LogP contribution in [0.5, 0.6) is 0 Å². The van der Waals surface area contributed by atoms with Crippen LogP contribution in [0.2, 0.25) is 5.02 Å². The average molecular weight is 346 g/mol. The van der Waals surface area contributed by atoms with Crippen LogP contribution in [0.4, 0.5) is 0 Å². The number of aliphatic carboxylic acids is 1. The summed E-state index contributed by atoms with van der Waals surface area (Å²) < 4.78 is 24.6. The Morgan fingerprint density at radius 1 is 1.45 bits per heavy atom. The lowest BCUT2D eigenvalue weighted by Crippen LogP contribution is -2.31. The lowest BCUT2D eigenvalue weighted by Gasteiger charge is -2.24. The second kappa shape index (κ2) is 6.98. The van der Waals surface area contributed by atoms with Crippen molar-refractivity contribution in [3.8, 4) is 0 Å². The van der Waals surface area contributed by atoms with Crippen molar-refractivity contribution in [2.24, 2.45) is 0 Å². The van der Waals surface area contributed by atoms with Gasteiger partial charge in [-0.05, 0) is 31.0 Å². The third kappa shape index (κ3) is 3.80. The van der Waals surface area contributed by atoms with Gasteiger partial charge in [-0.25, -0.2) is 8.42 Å². The van der Waals surface area contributed by atoms with Crippen LogP contribution in [-0.2, 0) is 21.2 Å². The highest BCUT2D eigenvalue weighted by Gasteiger charge is 2.29. The molecule has 1 N–H and O–H groups in total. The molecule has 1 fully saturated rings. The smallest absolute Gasteiger partial charge is 0.304 e. The molecule has 0 aromatic heterocycles. The highest BCUT2D eigenvalue weighted by molar-refractivity contribution is 7.91. The summed E-state index contributed by atoms with van der Waals surface area (Å²) in [6.45, 7) is 2.77. The molecule has 7 heteroatoms. The molecule has 0 saturated carbocycles. The fourth-order valence-corrected chi connectivity index (χ4v) is 4.66. The van der Waals surface area contributed by atoms with E-state index in [1.54, 1.807) is 25.1 Å². The van der Waals surface area contributed by atoms with Gasteiger partial charge in [0.2, 0.25) is 0 Å². The van der Waals surface area contributed by atoms with Crippen molar-refractivity contribution in [2.45, 2.75) is 43.7 Å². The fourth-order valence-electron chi connectivity index (χ4n) is 2.93. The van der Waals surface area contributed by atoms with Crippen LogP contribution in [0.25, 0.3) is 0 Å². The molecule has 122 valence electrons. The fraction of sp³-hybridized carbons (Fsp3) is 0.533. The zero-order valence-corrected chi connectivity index (χ0v) is 14.0. The maximum atomic E-state index is 12.3. The second-order valence-corrected chi connectivity index (χ2v) is 8.12. The Balaban J connectivity index is 2.30. The van der Waals surface area contributed by atoms with Gasteiger partial charge in [0, 0.05) is 12.6 Å². The van der Waals surface area contributed by atoms with E-state index in [4.69, 9.17) is 16.7 Å². The van der Waals surface area contributed by atoms with E-state index in [1.807, 2.05) is 4.90 Å². The molecule has 1 unspecified atom stereocenters. The first-order chi connectivity index (χ1) is 10.3. The number of hydrogen-bond acceptors (Lipinski definition) is 4. The summed E-state index contributed by atoms with van der Waals surface area (Å²) >= 11 is 6.11. The molecule has 0 spiro atoms. The normalized spacial score (nSPS) is 19.5. The predicted octanol–water partition coefficient (Wildman–Crippen LogP) is 2.57. The molecule has 1 saturated heterocycles. The number of carboxylic acid groups (broad SMARTS) is 1. The Kier molecular flexibility index (Phi) is 5.47. The van der Waals surface area contributed by atoms with Gasteiger partial charge in [0.05, 0.1) is 22.1 Å². The minimum absolute atomic E-state index is 0.0116. The maximum absolute atomic E-state index is 12.3. The molecule has 1 aliphatic rings. The number of nitrogens with zero attached hydrogens (tertiary/aromatic N) is 1. The number of carboxylic acids is 1. The van der Waals surface area contributed by atoms with E-state index in [0.29, 0.717) is 12.1 Å². The monoisotopic (exact) mass is 345 g/mol. The Morgan fingerprint density at radius 3 is 2.82 bits per heavy atom. The van der Waals surface area contributed by atoms with Crippen LogP contribution < -0.4 is 0 Å². The second-order valence-electron chi connectivity index (χ2n) is 5.50. The van der Waals surface area contributed by atoms with Gasteiger partial charge >= 0.3 is 5.97 Å². The first kappa shape index (κ1) is 17.2. The van der Waals surface area contributed by atoms with E-state index in [0.717, 1.165) is 19.4 Å². The summed E-state index contributed by atoms with van der Waals surface area (Å²) in [6.07, 6.45) is 1.83. The lowest BCUT2D eigenvalue weighted by molar-refractivity contribution is -0.138. The van der Waals surface area contributed by atoms with Crippen molar-refractivity contribution >= 4 is 27.4 Å². The number of carbonyl (C=O) groups is 1. The van der Waals surface area contributed by atoms with E-state index < -0.39 is 15.8 Å². The average Bonchev–Trinajstić information content (AvgIpc) is 2.85. The molecule has 1 heterocycles. The minimum atomic E-state index is -3.42. The number of halogens is 1. The Labute approximate surface area is 135 Å². The largest absolute Gasteiger partial charge is 0.481 e. The molecule has 0 amide bonds. The third-order valence-electron chi connectivity index (χ3n) is 4.02. The summed E-state index contributed by atoms with van der Waals surface area (Å²) in [5.41, 5.74) is 0.645. The quantitative estimate of drug-likeness (QED) is 0.857. The summed E-state index contributed by atoms with van der Waals surface area (Å²) in [4.78, 5) is 13.2. The molecule has 0 aliphatic carbocycles. The van der Waals surface area contributed by atoms with Crippen molar-refractivity contribution in [1.29, 1.82) is 0 Å². The zero-order chi connectivity index (χ0) is 16.3. The SMILES string of the molecule is CCS(=O)(=O)c1c(Cl)cccc1CN1CCCC1CC(=O)O. The molecule has 0 radical (unpaired) electrons. The van der Waals surface area contributed by atoms with Crippen molar-refractivity contribution in [3.63, 3.8) is 0 Å². The molecule has 22 heavy (non-hydrogen) atoms. The van der Waals surface area contributed by atoms with Gasteiger partial charge in [-0.15, -0.1) is 0 Å². The molecular weight excluding hydrogens is 326 g/mol. The Morgan fingerprint density at radius 2 is 2.18 bits per heavy atom. The molecule has 0 bridgehead atoms. The molecule has 5 nitrogen and oxygen atoms in total. The molecule has 1 aliphatic heterocycles. The van der Waals surface area contributed by atoms with Crippen molar-refractivity contribution in [2.75, 3.05) is 12.3 Å². The molecule has 1 aromatic carbocycles. The lowest BCUT2D eigenvalue weighted by atomic mass is 10.1. The van der Waals surface area contributed by atoms with E-state index in [-0.39, 0.29) is 28.1 Å². The number of benzene rings is 1. The predicted molar refractivity (Wildman–Crippen MR) is 84.9 cm³/mol. The zero-order valence-electron chi connectivity index (χ0n) is 12.5. The molecule has 1 aromatic rings. The van der Waals surface area contributed by atoms with Gasteiger partial charge in [0.1, 0.15) is 0 Å². The molecular formula is C15H20ClNO4S. The van der Waals surface area contributed by atoms with Crippen LogP contribution in [0.3, 0.4) is 0 Å². The minimum Gasteiger partial charge on any atom is -0.481 e. The van der Waals surface area contributed by atoms with E-state index >= 15 is 0 Å². The first-order valence-corrected chi connectivity index (χ1v) is 9.34. The standard InChI is InChI=1S/C15H20ClNO4S/c1-2-22(20,21)15-11(5-3-7-13(15)16)10-17-8-4-6-12(17)9-14(18)19/h3,5,7,12H,2,4,6,8-10H2,1H3,(H,18,19). The van der Waals surface area contributed by atoms with Gasteiger partial charge in [0.25, 0.3) is 0 Å². The van der Waals surface area contributed by atoms with E-state index in [1.165, 1.54) is 0 Å². The van der Waals surface area contributed by atoms with Gasteiger partial charge in [-0.3, -0.25) is 9.69 Å². The summed E-state index contributed by atoms with van der Waals surface area (Å²) in [7, 11) is -3.42. The van der Waals surface area contributed by atoms with Gasteiger partial charge in [0.15, 0.2) is 9.84 Å². The highest BCUT2D eigenvalue weighted by Crippen LogP contribution is 2.30. The van der Waals surface area contributed by atoms with Gasteiger partial charge < -0.3 is 5.11 Å². The maximum Gasteiger partial charge on any atom is 0.304 e. The Bertz CT molecular complexity index is 660. The van der Waals surface area contributed by atoms with Crippen molar-refractivity contribution < 1.29 is 18.3 Å². The summed E-state index contributed by atoms with van der Waals surface area (Å²) in [5, 5.41) is 9.21. The van der Waals surface area contributed by atoms with Crippen LogP contribution in [0.1, 0.15) is 31.7 Å². The Hall–Kier alpha value is -1.11. The third-order valence-corrected chi connectivity index (χ3v) is 6.31. The number of hydrogen-bond donors (Lipinski definition) is 1. The highest BCUT2D eigenvalue weighted by atomic mass is 35.5. The van der Waals surface area contributed by atoms with E-state index in [9.17, 15) is 13.2 Å². The number of likely N-dealkylation sites (tertiary alicyclic amines) is 1. The van der Waals surface area contributed by atoms with Crippen molar-refractivity contribution in [1.82, 2.24) is 4.90 Å². The molecule has 1 atom stereocenters. The first-order valence-electron chi connectivity index (χ1n) is 7.31. The van der Waals surface area contributed by atoms with E-state index in [2.05, 4.69) is 0 Å². The van der Waals surface area contributed by atoms with Gasteiger partial charge in [-0.2, -0.15) is 0 Å². The number of rotatable bonds is 6. The molecule has 2 rings (SSSR count). The summed E-state index contributed by atoms with van der Waals surface area (Å²) in [6, 6.07) is 5.01. The number of sulfone groups is 1. The van der Waals surface area contributed by atoms with Crippen LogP contribution >= 0.6 is 11.6 Å².